The second-order valence-electron chi connectivity index (χ2n) is 2.57. The van der Waals surface area contributed by atoms with Crippen molar-refractivity contribution in [2.45, 2.75) is 6.92 Å². The fourth-order valence-electron chi connectivity index (χ4n) is 0.986. The molecule has 0 spiro atoms. The Kier molecular flexibility index (Phi) is 2.74. The van der Waals surface area contributed by atoms with E-state index < -0.39 is 0 Å². The van der Waals surface area contributed by atoms with E-state index in [1.165, 1.54) is 13.2 Å². The highest BCUT2D eigenvalue weighted by molar-refractivity contribution is 6.00. The van der Waals surface area contributed by atoms with Crippen molar-refractivity contribution in [2.24, 2.45) is 5.16 Å². The molecule has 0 aliphatic rings. The molecule has 70 valence electrons. The van der Waals surface area contributed by atoms with Crippen molar-refractivity contribution in [3.05, 3.63) is 23.8 Å². The minimum atomic E-state index is 0.0658. The first-order chi connectivity index (χ1) is 6.19. The third-order valence-corrected chi connectivity index (χ3v) is 1.74. The van der Waals surface area contributed by atoms with Crippen molar-refractivity contribution >= 4 is 5.71 Å². The smallest absolute Gasteiger partial charge is 0.125 e. The predicted molar refractivity (Wildman–Crippen MR) is 48.7 cm³/mol. The highest BCUT2D eigenvalue weighted by Crippen LogP contribution is 2.23. The summed E-state index contributed by atoms with van der Waals surface area (Å²) >= 11 is 0. The van der Waals surface area contributed by atoms with Gasteiger partial charge in [-0.15, -0.1) is 0 Å². The quantitative estimate of drug-likeness (QED) is 0.414. The lowest BCUT2D eigenvalue weighted by Crippen LogP contribution is -1.95. The SMILES string of the molecule is COc1ccc(O)c(C(C)=NO)c1. The van der Waals surface area contributed by atoms with Crippen LogP contribution >= 0.6 is 0 Å². The van der Waals surface area contributed by atoms with Gasteiger partial charge < -0.3 is 15.1 Å². The summed E-state index contributed by atoms with van der Waals surface area (Å²) in [5.74, 6) is 0.673. The Morgan fingerprint density at radius 3 is 2.69 bits per heavy atom. The molecule has 0 saturated carbocycles. The molecule has 0 saturated heterocycles. The molecule has 0 aromatic heterocycles. The Bertz CT molecular complexity index is 334. The topological polar surface area (TPSA) is 62.0 Å². The average Bonchev–Trinajstić information content (AvgIpc) is 2.17. The van der Waals surface area contributed by atoms with Gasteiger partial charge in [0.1, 0.15) is 11.5 Å². The van der Waals surface area contributed by atoms with E-state index in [1.54, 1.807) is 19.1 Å². The summed E-state index contributed by atoms with van der Waals surface area (Å²) in [7, 11) is 1.53. The Balaban J connectivity index is 3.19. The molecule has 0 unspecified atom stereocenters. The van der Waals surface area contributed by atoms with Crippen LogP contribution in [0.2, 0.25) is 0 Å². The monoisotopic (exact) mass is 181 g/mol. The van der Waals surface area contributed by atoms with Gasteiger partial charge in [-0.05, 0) is 25.1 Å². The molecule has 0 heterocycles. The number of aromatic hydroxyl groups is 1. The van der Waals surface area contributed by atoms with Crippen LogP contribution in [0.15, 0.2) is 23.4 Å². The number of methoxy groups -OCH3 is 1. The molecule has 0 radical (unpaired) electrons. The Labute approximate surface area is 76.1 Å². The van der Waals surface area contributed by atoms with Crippen LogP contribution in [0.4, 0.5) is 0 Å². The largest absolute Gasteiger partial charge is 0.507 e. The van der Waals surface area contributed by atoms with Crippen LogP contribution in [0.3, 0.4) is 0 Å². The molecule has 1 rings (SSSR count). The number of benzene rings is 1. The molecule has 0 atom stereocenters. The number of ether oxygens (including phenoxy) is 1. The van der Waals surface area contributed by atoms with Crippen LogP contribution in [-0.4, -0.2) is 23.1 Å². The normalized spacial score (nSPS) is 11.4. The number of rotatable bonds is 2. The van der Waals surface area contributed by atoms with E-state index in [0.29, 0.717) is 17.0 Å². The van der Waals surface area contributed by atoms with Crippen LogP contribution in [0.25, 0.3) is 0 Å². The number of phenolic OH excluding ortho intramolecular Hbond substituents is 1. The molecule has 0 amide bonds. The lowest BCUT2D eigenvalue weighted by Gasteiger charge is -2.05. The molecular formula is C9H11NO3. The summed E-state index contributed by atoms with van der Waals surface area (Å²) in [5, 5.41) is 20.9. The van der Waals surface area contributed by atoms with Crippen LogP contribution in [0, 0.1) is 0 Å². The zero-order chi connectivity index (χ0) is 9.84. The fraction of sp³-hybridized carbons (Fsp3) is 0.222. The minimum absolute atomic E-state index is 0.0658. The van der Waals surface area contributed by atoms with E-state index in [0.717, 1.165) is 0 Å². The number of hydrogen-bond acceptors (Lipinski definition) is 4. The first-order valence-corrected chi connectivity index (χ1v) is 3.75. The van der Waals surface area contributed by atoms with Crippen molar-refractivity contribution in [3.8, 4) is 11.5 Å². The summed E-state index contributed by atoms with van der Waals surface area (Å²) in [6, 6.07) is 4.72. The van der Waals surface area contributed by atoms with Gasteiger partial charge in [0.25, 0.3) is 0 Å². The van der Waals surface area contributed by atoms with Crippen LogP contribution < -0.4 is 4.74 Å². The molecule has 1 aromatic carbocycles. The Morgan fingerprint density at radius 2 is 2.15 bits per heavy atom. The first-order valence-electron chi connectivity index (χ1n) is 3.75. The van der Waals surface area contributed by atoms with Gasteiger partial charge in [0, 0.05) is 5.56 Å². The van der Waals surface area contributed by atoms with Gasteiger partial charge in [0.05, 0.1) is 12.8 Å². The van der Waals surface area contributed by atoms with Gasteiger partial charge in [-0.2, -0.15) is 0 Å². The van der Waals surface area contributed by atoms with Gasteiger partial charge in [-0.25, -0.2) is 0 Å². The van der Waals surface area contributed by atoms with Crippen molar-refractivity contribution in [2.75, 3.05) is 7.11 Å². The van der Waals surface area contributed by atoms with Crippen molar-refractivity contribution < 1.29 is 15.1 Å². The second kappa shape index (κ2) is 3.80. The predicted octanol–water partition coefficient (Wildman–Crippen LogP) is 1.60. The molecule has 0 bridgehead atoms. The number of hydrogen-bond donors (Lipinski definition) is 2. The van der Waals surface area contributed by atoms with Crippen LogP contribution in [0.1, 0.15) is 12.5 Å². The fourth-order valence-corrected chi connectivity index (χ4v) is 0.986. The molecule has 1 aromatic rings. The third-order valence-electron chi connectivity index (χ3n) is 1.74. The van der Waals surface area contributed by atoms with E-state index in [9.17, 15) is 5.11 Å². The van der Waals surface area contributed by atoms with E-state index in [-0.39, 0.29) is 5.75 Å². The zero-order valence-corrected chi connectivity index (χ0v) is 7.48. The molecule has 2 N–H and O–H groups in total. The Morgan fingerprint density at radius 1 is 1.46 bits per heavy atom. The molecule has 0 aliphatic heterocycles. The molecule has 4 heteroatoms. The van der Waals surface area contributed by atoms with Gasteiger partial charge in [-0.1, -0.05) is 5.16 Å². The van der Waals surface area contributed by atoms with Crippen LogP contribution in [0.5, 0.6) is 11.5 Å². The van der Waals surface area contributed by atoms with Gasteiger partial charge >= 0.3 is 0 Å². The maximum atomic E-state index is 9.38. The van der Waals surface area contributed by atoms with E-state index >= 15 is 0 Å². The van der Waals surface area contributed by atoms with Gasteiger partial charge in [0.2, 0.25) is 0 Å². The van der Waals surface area contributed by atoms with Crippen molar-refractivity contribution in [1.29, 1.82) is 0 Å². The highest BCUT2D eigenvalue weighted by Gasteiger charge is 2.06. The molecule has 0 aliphatic carbocycles. The Hall–Kier alpha value is -1.71. The van der Waals surface area contributed by atoms with Crippen molar-refractivity contribution in [1.82, 2.24) is 0 Å². The molecule has 13 heavy (non-hydrogen) atoms. The standard InChI is InChI=1S/C9H11NO3/c1-6(10-12)8-5-7(13-2)3-4-9(8)11/h3-5,11-12H,1-2H3. The lowest BCUT2D eigenvalue weighted by atomic mass is 10.1. The third kappa shape index (κ3) is 1.90. The highest BCUT2D eigenvalue weighted by atomic mass is 16.5. The van der Waals surface area contributed by atoms with Gasteiger partial charge in [0.15, 0.2) is 0 Å². The second-order valence-corrected chi connectivity index (χ2v) is 2.57. The maximum Gasteiger partial charge on any atom is 0.125 e. The number of oxime groups is 1. The number of nitrogens with zero attached hydrogens (tertiary/aromatic N) is 1. The first kappa shape index (κ1) is 9.38. The van der Waals surface area contributed by atoms with E-state index in [2.05, 4.69) is 5.16 Å². The molecular weight excluding hydrogens is 170 g/mol. The minimum Gasteiger partial charge on any atom is -0.507 e. The summed E-state index contributed by atoms with van der Waals surface area (Å²) in [5.41, 5.74) is 0.804. The average molecular weight is 181 g/mol. The molecule has 4 nitrogen and oxygen atoms in total. The zero-order valence-electron chi connectivity index (χ0n) is 7.48. The summed E-state index contributed by atoms with van der Waals surface area (Å²) in [4.78, 5) is 0. The van der Waals surface area contributed by atoms with Crippen molar-refractivity contribution in [3.63, 3.8) is 0 Å². The number of phenols is 1. The summed E-state index contributed by atoms with van der Waals surface area (Å²) in [6.07, 6.45) is 0. The summed E-state index contributed by atoms with van der Waals surface area (Å²) in [6.45, 7) is 1.59. The lowest BCUT2D eigenvalue weighted by molar-refractivity contribution is 0.318. The van der Waals surface area contributed by atoms with Crippen LogP contribution in [-0.2, 0) is 0 Å². The summed E-state index contributed by atoms with van der Waals surface area (Å²) < 4.78 is 4.96. The molecule has 0 fully saturated rings. The van der Waals surface area contributed by atoms with E-state index in [4.69, 9.17) is 9.94 Å². The maximum absolute atomic E-state index is 9.38. The van der Waals surface area contributed by atoms with E-state index in [1.807, 2.05) is 0 Å². The van der Waals surface area contributed by atoms with Gasteiger partial charge in [-0.3, -0.25) is 0 Å².